The number of benzene rings is 1. The molecule has 1 saturated heterocycles. The summed E-state index contributed by atoms with van der Waals surface area (Å²) in [6.07, 6.45) is 2.49. The van der Waals surface area contributed by atoms with Gasteiger partial charge in [0.15, 0.2) is 0 Å². The molecule has 0 aliphatic carbocycles. The van der Waals surface area contributed by atoms with Gasteiger partial charge in [0.2, 0.25) is 0 Å². The molecule has 3 atom stereocenters. The van der Waals surface area contributed by atoms with Crippen LogP contribution in [-0.4, -0.2) is 42.4 Å². The molecular formula is C17H26N2S. The van der Waals surface area contributed by atoms with Gasteiger partial charge in [-0.1, -0.05) is 32.0 Å². The minimum atomic E-state index is 0.682. The first-order chi connectivity index (χ1) is 9.81. The van der Waals surface area contributed by atoms with Gasteiger partial charge >= 0.3 is 0 Å². The summed E-state index contributed by atoms with van der Waals surface area (Å²) in [6.45, 7) is 8.24. The van der Waals surface area contributed by atoms with E-state index in [4.69, 9.17) is 0 Å². The minimum Gasteiger partial charge on any atom is -0.311 e. The molecule has 3 unspecified atom stereocenters. The number of fused-ring (bicyclic) bond motifs is 1. The first kappa shape index (κ1) is 14.4. The first-order valence-electron chi connectivity index (χ1n) is 8.01. The second-order valence-corrected chi connectivity index (χ2v) is 7.14. The average Bonchev–Trinajstić information content (AvgIpc) is 2.90. The molecule has 2 heterocycles. The molecule has 1 aromatic carbocycles. The van der Waals surface area contributed by atoms with E-state index < -0.39 is 0 Å². The summed E-state index contributed by atoms with van der Waals surface area (Å²) in [5.41, 5.74) is 1.58. The molecule has 0 saturated carbocycles. The number of rotatable bonds is 4. The van der Waals surface area contributed by atoms with Crippen molar-refractivity contribution in [1.29, 1.82) is 0 Å². The highest BCUT2D eigenvalue weighted by atomic mass is 32.2. The van der Waals surface area contributed by atoms with Crippen molar-refractivity contribution in [3.8, 4) is 0 Å². The van der Waals surface area contributed by atoms with Crippen molar-refractivity contribution in [1.82, 2.24) is 10.2 Å². The third kappa shape index (κ3) is 2.90. The summed E-state index contributed by atoms with van der Waals surface area (Å²) in [5, 5.41) is 3.70. The lowest BCUT2D eigenvalue weighted by molar-refractivity contribution is 0.119. The van der Waals surface area contributed by atoms with Crippen molar-refractivity contribution in [3.05, 3.63) is 29.8 Å². The van der Waals surface area contributed by atoms with E-state index in [0.29, 0.717) is 6.04 Å². The van der Waals surface area contributed by atoms with Crippen molar-refractivity contribution in [3.63, 3.8) is 0 Å². The molecule has 3 rings (SSSR count). The van der Waals surface area contributed by atoms with Crippen LogP contribution in [0.1, 0.15) is 38.2 Å². The number of thioether (sulfide) groups is 1. The molecule has 1 N–H and O–H groups in total. The lowest BCUT2D eigenvalue weighted by Crippen LogP contribution is -2.56. The molecule has 3 heteroatoms. The monoisotopic (exact) mass is 290 g/mol. The lowest BCUT2D eigenvalue weighted by atomic mass is 9.97. The van der Waals surface area contributed by atoms with Crippen molar-refractivity contribution in [2.24, 2.45) is 0 Å². The fourth-order valence-electron chi connectivity index (χ4n) is 3.49. The van der Waals surface area contributed by atoms with Gasteiger partial charge < -0.3 is 5.32 Å². The maximum absolute atomic E-state index is 3.70. The summed E-state index contributed by atoms with van der Waals surface area (Å²) in [7, 11) is 0. The van der Waals surface area contributed by atoms with Crippen molar-refractivity contribution < 1.29 is 0 Å². The van der Waals surface area contributed by atoms with E-state index in [9.17, 15) is 0 Å². The summed E-state index contributed by atoms with van der Waals surface area (Å²) in [4.78, 5) is 4.26. The Hall–Kier alpha value is -0.510. The topological polar surface area (TPSA) is 15.3 Å². The summed E-state index contributed by atoms with van der Waals surface area (Å²) in [6, 6.07) is 10.4. The highest BCUT2D eigenvalue weighted by Gasteiger charge is 2.30. The van der Waals surface area contributed by atoms with Crippen LogP contribution in [-0.2, 0) is 0 Å². The van der Waals surface area contributed by atoms with Gasteiger partial charge in [0.1, 0.15) is 0 Å². The lowest BCUT2D eigenvalue weighted by Gasteiger charge is -2.41. The minimum absolute atomic E-state index is 0.682. The van der Waals surface area contributed by atoms with E-state index in [1.807, 2.05) is 11.8 Å². The third-order valence-electron chi connectivity index (χ3n) is 4.83. The highest BCUT2D eigenvalue weighted by Crippen LogP contribution is 2.40. The van der Waals surface area contributed by atoms with E-state index >= 15 is 0 Å². The molecule has 0 aromatic heterocycles. The number of hydrogen-bond donors (Lipinski definition) is 1. The zero-order valence-electron chi connectivity index (χ0n) is 12.6. The van der Waals surface area contributed by atoms with Crippen LogP contribution in [0.3, 0.4) is 0 Å². The summed E-state index contributed by atoms with van der Waals surface area (Å²) in [5.74, 6) is 1.98. The maximum atomic E-state index is 3.70. The molecular weight excluding hydrogens is 264 g/mol. The number of piperazine rings is 1. The first-order valence-corrected chi connectivity index (χ1v) is 8.99. The largest absolute Gasteiger partial charge is 0.311 e. The van der Waals surface area contributed by atoms with Crippen LogP contribution >= 0.6 is 11.8 Å². The Labute approximate surface area is 127 Å². The van der Waals surface area contributed by atoms with Crippen LogP contribution in [0, 0.1) is 0 Å². The van der Waals surface area contributed by atoms with Crippen LogP contribution < -0.4 is 5.32 Å². The van der Waals surface area contributed by atoms with Gasteiger partial charge in [-0.25, -0.2) is 0 Å². The number of nitrogens with zero attached hydrogens (tertiary/aromatic N) is 1. The number of hydrogen-bond acceptors (Lipinski definition) is 3. The van der Waals surface area contributed by atoms with Crippen LogP contribution in [0.4, 0.5) is 0 Å². The predicted octanol–water partition coefficient (Wildman–Crippen LogP) is 3.34. The van der Waals surface area contributed by atoms with Crippen LogP contribution in [0.25, 0.3) is 0 Å². The Morgan fingerprint density at radius 2 is 2.10 bits per heavy atom. The molecule has 0 spiro atoms. The van der Waals surface area contributed by atoms with Crippen molar-refractivity contribution in [2.75, 3.05) is 25.4 Å². The van der Waals surface area contributed by atoms with Gasteiger partial charge in [-0.2, -0.15) is 0 Å². The summed E-state index contributed by atoms with van der Waals surface area (Å²) >= 11 is 2.04. The Morgan fingerprint density at radius 3 is 2.90 bits per heavy atom. The Bertz CT molecular complexity index is 448. The standard InChI is InChI=1S/C17H26N2S/c1-3-14-11-19(15(4-2)9-18-14)10-13-12-20-17-8-6-5-7-16(13)17/h5-8,13-15,18H,3-4,9-12H2,1-2H3. The third-order valence-corrected chi connectivity index (χ3v) is 6.08. The SMILES string of the molecule is CCC1CN(CC2CSc3ccccc32)C(CC)CN1. The normalized spacial score (nSPS) is 30.4. The Morgan fingerprint density at radius 1 is 1.25 bits per heavy atom. The molecule has 2 aliphatic heterocycles. The molecule has 0 bridgehead atoms. The van der Waals surface area contributed by atoms with E-state index in [1.165, 1.54) is 36.6 Å². The van der Waals surface area contributed by atoms with Gasteiger partial charge in [-0.05, 0) is 24.5 Å². The average molecular weight is 290 g/mol. The quantitative estimate of drug-likeness (QED) is 0.915. The molecule has 1 aromatic rings. The highest BCUT2D eigenvalue weighted by molar-refractivity contribution is 7.99. The van der Waals surface area contributed by atoms with E-state index in [2.05, 4.69) is 48.3 Å². The fraction of sp³-hybridized carbons (Fsp3) is 0.647. The van der Waals surface area contributed by atoms with Gasteiger partial charge in [-0.3, -0.25) is 4.90 Å². The maximum Gasteiger partial charge on any atom is 0.0219 e. The molecule has 110 valence electrons. The van der Waals surface area contributed by atoms with E-state index in [0.717, 1.165) is 18.5 Å². The van der Waals surface area contributed by atoms with Gasteiger partial charge in [-0.15, -0.1) is 11.8 Å². The molecule has 0 radical (unpaired) electrons. The zero-order chi connectivity index (χ0) is 13.9. The molecule has 20 heavy (non-hydrogen) atoms. The Kier molecular flexibility index (Phi) is 4.69. The second-order valence-electron chi connectivity index (χ2n) is 6.08. The zero-order valence-corrected chi connectivity index (χ0v) is 13.5. The van der Waals surface area contributed by atoms with E-state index in [1.54, 1.807) is 5.56 Å². The molecule has 0 amide bonds. The second kappa shape index (κ2) is 6.50. The van der Waals surface area contributed by atoms with Crippen LogP contribution in [0.5, 0.6) is 0 Å². The van der Waals surface area contributed by atoms with Crippen LogP contribution in [0.15, 0.2) is 29.2 Å². The van der Waals surface area contributed by atoms with E-state index in [-0.39, 0.29) is 0 Å². The smallest absolute Gasteiger partial charge is 0.0219 e. The predicted molar refractivity (Wildman–Crippen MR) is 87.6 cm³/mol. The number of nitrogens with one attached hydrogen (secondary N) is 1. The van der Waals surface area contributed by atoms with Crippen molar-refractivity contribution in [2.45, 2.75) is 49.6 Å². The fourth-order valence-corrected chi connectivity index (χ4v) is 4.73. The Balaban J connectivity index is 1.70. The molecule has 2 nitrogen and oxygen atoms in total. The van der Waals surface area contributed by atoms with Crippen LogP contribution in [0.2, 0.25) is 0 Å². The molecule has 2 aliphatic rings. The van der Waals surface area contributed by atoms with Gasteiger partial charge in [0.25, 0.3) is 0 Å². The van der Waals surface area contributed by atoms with Crippen molar-refractivity contribution >= 4 is 11.8 Å². The van der Waals surface area contributed by atoms with Gasteiger partial charge in [0, 0.05) is 48.3 Å². The summed E-state index contributed by atoms with van der Waals surface area (Å²) < 4.78 is 0. The molecule has 1 fully saturated rings. The van der Waals surface area contributed by atoms with Gasteiger partial charge in [0.05, 0.1) is 0 Å².